The molecule has 0 saturated carbocycles. The van der Waals surface area contributed by atoms with Crippen molar-refractivity contribution >= 4 is 27.5 Å². The molecule has 0 unspecified atom stereocenters. The molecule has 0 fully saturated rings. The van der Waals surface area contributed by atoms with Gasteiger partial charge in [0.1, 0.15) is 5.75 Å². The first-order valence-corrected chi connectivity index (χ1v) is 6.29. The van der Waals surface area contributed by atoms with Gasteiger partial charge in [-0.25, -0.2) is 4.98 Å². The fourth-order valence-electron chi connectivity index (χ4n) is 1.37. The highest BCUT2D eigenvalue weighted by Crippen LogP contribution is 2.30. The van der Waals surface area contributed by atoms with Crippen molar-refractivity contribution in [1.29, 1.82) is 0 Å². The van der Waals surface area contributed by atoms with Crippen LogP contribution in [0.5, 0.6) is 11.6 Å². The third-order valence-electron chi connectivity index (χ3n) is 2.32. The molecule has 88 valence electrons. The van der Waals surface area contributed by atoms with E-state index in [1.54, 1.807) is 6.20 Å². The zero-order chi connectivity index (χ0) is 12.4. The van der Waals surface area contributed by atoms with Gasteiger partial charge in [0.25, 0.3) is 0 Å². The van der Waals surface area contributed by atoms with Crippen molar-refractivity contribution < 1.29 is 4.74 Å². The lowest BCUT2D eigenvalue weighted by Gasteiger charge is -2.08. The third-order valence-corrected chi connectivity index (χ3v) is 3.47. The summed E-state index contributed by atoms with van der Waals surface area (Å²) in [6.45, 7) is 3.97. The summed E-state index contributed by atoms with van der Waals surface area (Å²) in [5, 5.41) is 0.581. The summed E-state index contributed by atoms with van der Waals surface area (Å²) in [6.07, 6.45) is 1.72. The Labute approximate surface area is 114 Å². The van der Waals surface area contributed by atoms with Crippen LogP contribution in [0.4, 0.5) is 0 Å². The Morgan fingerprint density at radius 3 is 2.71 bits per heavy atom. The highest BCUT2D eigenvalue weighted by molar-refractivity contribution is 9.10. The first-order valence-electron chi connectivity index (χ1n) is 5.12. The maximum Gasteiger partial charge on any atom is 0.219 e. The van der Waals surface area contributed by atoms with Crippen LogP contribution in [0.3, 0.4) is 0 Å². The van der Waals surface area contributed by atoms with Gasteiger partial charge in [-0.2, -0.15) is 0 Å². The van der Waals surface area contributed by atoms with Gasteiger partial charge in [-0.3, -0.25) is 0 Å². The van der Waals surface area contributed by atoms with E-state index in [2.05, 4.69) is 20.9 Å². The molecule has 1 heterocycles. The quantitative estimate of drug-likeness (QED) is 0.786. The Morgan fingerprint density at radius 2 is 2.00 bits per heavy atom. The van der Waals surface area contributed by atoms with Crippen LogP contribution in [0, 0.1) is 13.8 Å². The first-order chi connectivity index (χ1) is 8.06. The average Bonchev–Trinajstić information content (AvgIpc) is 2.29. The van der Waals surface area contributed by atoms with Gasteiger partial charge >= 0.3 is 0 Å². The van der Waals surface area contributed by atoms with Gasteiger partial charge in [-0.1, -0.05) is 17.7 Å². The van der Waals surface area contributed by atoms with E-state index in [0.29, 0.717) is 16.7 Å². The number of nitrogens with zero attached hydrogens (tertiary/aromatic N) is 1. The number of hydrogen-bond acceptors (Lipinski definition) is 2. The molecule has 1 aromatic heterocycles. The number of aryl methyl sites for hydroxylation is 2. The standard InChI is InChI=1S/C13H11BrClNO/c1-8-3-4-11(15)12(5-8)17-13-6-9(2)10(14)7-16-13/h3-7H,1-2H3. The molecule has 1 aromatic carbocycles. The second kappa shape index (κ2) is 5.07. The molecular formula is C13H11BrClNO. The van der Waals surface area contributed by atoms with Gasteiger partial charge in [0, 0.05) is 16.7 Å². The molecule has 17 heavy (non-hydrogen) atoms. The van der Waals surface area contributed by atoms with Gasteiger partial charge in [-0.05, 0) is 53.0 Å². The number of benzene rings is 1. The highest BCUT2D eigenvalue weighted by atomic mass is 79.9. The molecule has 2 rings (SSSR count). The number of hydrogen-bond donors (Lipinski definition) is 0. The summed E-state index contributed by atoms with van der Waals surface area (Å²) < 4.78 is 6.62. The predicted octanol–water partition coefficient (Wildman–Crippen LogP) is 4.91. The maximum atomic E-state index is 6.06. The van der Waals surface area contributed by atoms with Crippen LogP contribution in [0.25, 0.3) is 0 Å². The smallest absolute Gasteiger partial charge is 0.219 e. The van der Waals surface area contributed by atoms with E-state index in [1.165, 1.54) is 0 Å². The summed E-state index contributed by atoms with van der Waals surface area (Å²) in [5.74, 6) is 1.17. The summed E-state index contributed by atoms with van der Waals surface area (Å²) in [5.41, 5.74) is 2.16. The largest absolute Gasteiger partial charge is 0.437 e. The molecule has 0 N–H and O–H groups in total. The van der Waals surface area contributed by atoms with Crippen LogP contribution in [-0.2, 0) is 0 Å². The summed E-state index contributed by atoms with van der Waals surface area (Å²) in [4.78, 5) is 4.18. The van der Waals surface area contributed by atoms with Crippen molar-refractivity contribution in [1.82, 2.24) is 4.98 Å². The van der Waals surface area contributed by atoms with Gasteiger partial charge in [0.2, 0.25) is 5.88 Å². The van der Waals surface area contributed by atoms with Crippen LogP contribution in [0.15, 0.2) is 34.9 Å². The molecule has 2 aromatic rings. The number of halogens is 2. The lowest BCUT2D eigenvalue weighted by Crippen LogP contribution is -1.90. The predicted molar refractivity (Wildman–Crippen MR) is 72.9 cm³/mol. The van der Waals surface area contributed by atoms with Crippen molar-refractivity contribution in [3.8, 4) is 11.6 Å². The normalized spacial score (nSPS) is 10.4. The van der Waals surface area contributed by atoms with Crippen LogP contribution >= 0.6 is 27.5 Å². The van der Waals surface area contributed by atoms with Crippen molar-refractivity contribution in [3.05, 3.63) is 51.1 Å². The molecule has 4 heteroatoms. The minimum atomic E-state index is 0.540. The second-order valence-corrected chi connectivity index (χ2v) is 5.07. The lowest BCUT2D eigenvalue weighted by atomic mass is 10.2. The Morgan fingerprint density at radius 1 is 1.24 bits per heavy atom. The van der Waals surface area contributed by atoms with Crippen LogP contribution in [-0.4, -0.2) is 4.98 Å². The third kappa shape index (κ3) is 2.99. The fraction of sp³-hybridized carbons (Fsp3) is 0.154. The molecule has 0 aliphatic rings. The minimum absolute atomic E-state index is 0.540. The zero-order valence-electron chi connectivity index (χ0n) is 9.50. The molecule has 2 nitrogen and oxygen atoms in total. The number of pyridine rings is 1. The van der Waals surface area contributed by atoms with E-state index in [9.17, 15) is 0 Å². The van der Waals surface area contributed by atoms with Crippen molar-refractivity contribution in [3.63, 3.8) is 0 Å². The van der Waals surface area contributed by atoms with E-state index in [1.807, 2.05) is 38.1 Å². The zero-order valence-corrected chi connectivity index (χ0v) is 11.8. The number of rotatable bonds is 2. The second-order valence-electron chi connectivity index (χ2n) is 3.81. The average molecular weight is 313 g/mol. The van der Waals surface area contributed by atoms with E-state index >= 15 is 0 Å². The Bertz CT molecular complexity index is 557. The molecule has 0 bridgehead atoms. The van der Waals surface area contributed by atoms with Gasteiger partial charge in [-0.15, -0.1) is 0 Å². The number of ether oxygens (including phenoxy) is 1. The van der Waals surface area contributed by atoms with Gasteiger partial charge in [0.15, 0.2) is 0 Å². The molecule has 0 amide bonds. The van der Waals surface area contributed by atoms with Crippen LogP contribution in [0.2, 0.25) is 5.02 Å². The Kier molecular flexibility index (Phi) is 3.69. The van der Waals surface area contributed by atoms with Crippen LogP contribution in [0.1, 0.15) is 11.1 Å². The number of aromatic nitrogens is 1. The van der Waals surface area contributed by atoms with E-state index in [0.717, 1.165) is 15.6 Å². The highest BCUT2D eigenvalue weighted by Gasteiger charge is 2.05. The fourth-order valence-corrected chi connectivity index (χ4v) is 1.74. The molecule has 0 saturated heterocycles. The Balaban J connectivity index is 2.31. The summed E-state index contributed by atoms with van der Waals surface area (Å²) >= 11 is 9.45. The minimum Gasteiger partial charge on any atom is -0.437 e. The van der Waals surface area contributed by atoms with Crippen molar-refractivity contribution in [2.24, 2.45) is 0 Å². The topological polar surface area (TPSA) is 22.1 Å². The molecule has 0 atom stereocenters. The molecule has 0 radical (unpaired) electrons. The summed E-state index contributed by atoms with van der Waals surface area (Å²) in [6, 6.07) is 7.51. The SMILES string of the molecule is Cc1ccc(Cl)c(Oc2cc(C)c(Br)cn2)c1. The molecule has 0 aliphatic carbocycles. The van der Waals surface area contributed by atoms with Crippen molar-refractivity contribution in [2.45, 2.75) is 13.8 Å². The van der Waals surface area contributed by atoms with E-state index in [-0.39, 0.29) is 0 Å². The molecule has 0 aliphatic heterocycles. The Hall–Kier alpha value is -1.06. The molecule has 0 spiro atoms. The molecular weight excluding hydrogens is 302 g/mol. The monoisotopic (exact) mass is 311 g/mol. The van der Waals surface area contributed by atoms with Crippen molar-refractivity contribution in [2.75, 3.05) is 0 Å². The van der Waals surface area contributed by atoms with E-state index < -0.39 is 0 Å². The van der Waals surface area contributed by atoms with E-state index in [4.69, 9.17) is 16.3 Å². The lowest BCUT2D eigenvalue weighted by molar-refractivity contribution is 0.462. The van der Waals surface area contributed by atoms with Crippen LogP contribution < -0.4 is 4.74 Å². The van der Waals surface area contributed by atoms with Gasteiger partial charge in [0.05, 0.1) is 5.02 Å². The maximum absolute atomic E-state index is 6.06. The summed E-state index contributed by atoms with van der Waals surface area (Å²) in [7, 11) is 0. The first kappa shape index (κ1) is 12.4. The van der Waals surface area contributed by atoms with Gasteiger partial charge < -0.3 is 4.74 Å².